The van der Waals surface area contributed by atoms with Crippen LogP contribution in [0.15, 0.2) is 22.7 Å². The number of nitrogens with zero attached hydrogens (tertiary/aromatic N) is 2. The zero-order chi connectivity index (χ0) is 18.4. The van der Waals surface area contributed by atoms with Crippen LogP contribution in [0.1, 0.15) is 30.1 Å². The number of nitrogens with one attached hydrogen (secondary N) is 1. The van der Waals surface area contributed by atoms with E-state index >= 15 is 0 Å². The number of carbonyl (C=O) groups excluding carboxylic acids is 1. The third-order valence-electron chi connectivity index (χ3n) is 3.66. The lowest BCUT2D eigenvalue weighted by atomic mass is 10.2. The molecule has 1 aliphatic rings. The van der Waals surface area contributed by atoms with Crippen molar-refractivity contribution in [2.75, 3.05) is 5.32 Å². The quantitative estimate of drug-likeness (QED) is 0.682. The van der Waals surface area contributed by atoms with Gasteiger partial charge in [-0.2, -0.15) is 18.3 Å². The fourth-order valence-corrected chi connectivity index (χ4v) is 3.15. The van der Waals surface area contributed by atoms with Gasteiger partial charge in [0.25, 0.3) is 0 Å². The number of aromatic nitrogens is 2. The molecule has 1 amide bonds. The molecule has 1 fully saturated rings. The number of rotatable bonds is 4. The van der Waals surface area contributed by atoms with E-state index in [1.54, 1.807) is 0 Å². The molecule has 1 aliphatic carbocycles. The van der Waals surface area contributed by atoms with E-state index in [9.17, 15) is 22.4 Å². The van der Waals surface area contributed by atoms with Crippen LogP contribution in [0.3, 0.4) is 0 Å². The number of anilines is 1. The largest absolute Gasteiger partial charge is 0.436 e. The molecule has 0 atom stereocenters. The van der Waals surface area contributed by atoms with Crippen LogP contribution in [0, 0.1) is 5.82 Å². The zero-order valence-corrected chi connectivity index (χ0v) is 14.8. The average molecular weight is 441 g/mol. The normalized spacial score (nSPS) is 14.6. The Kier molecular flexibility index (Phi) is 4.80. The highest BCUT2D eigenvalue weighted by Gasteiger charge is 2.42. The van der Waals surface area contributed by atoms with Gasteiger partial charge in [-0.05, 0) is 31.0 Å². The molecule has 1 saturated carbocycles. The standard InChI is InChI=1S/C15H11BrClF4N3O/c16-8-3-4-10(9(18)5-8)22-11(25)6-24-13(7-1-2-7)12(17)14(23-24)15(19,20)21/h3-5,7H,1-2,6H2,(H,22,25). The molecule has 1 aromatic heterocycles. The molecule has 0 radical (unpaired) electrons. The Balaban J connectivity index is 1.83. The van der Waals surface area contributed by atoms with E-state index in [1.807, 2.05) is 0 Å². The van der Waals surface area contributed by atoms with Gasteiger partial charge in [0.05, 0.1) is 16.4 Å². The number of benzene rings is 1. The Bertz CT molecular complexity index is 833. The second kappa shape index (κ2) is 6.60. The summed E-state index contributed by atoms with van der Waals surface area (Å²) in [5.74, 6) is -1.51. The van der Waals surface area contributed by atoms with Gasteiger partial charge < -0.3 is 5.32 Å². The number of hydrogen-bond donors (Lipinski definition) is 1. The van der Waals surface area contributed by atoms with Gasteiger partial charge in [0.15, 0.2) is 5.69 Å². The van der Waals surface area contributed by atoms with E-state index in [1.165, 1.54) is 12.1 Å². The molecule has 1 aromatic carbocycles. The van der Waals surface area contributed by atoms with Crippen molar-refractivity contribution < 1.29 is 22.4 Å². The predicted molar refractivity (Wildman–Crippen MR) is 86.9 cm³/mol. The number of amides is 1. The SMILES string of the molecule is O=C(Cn1nc(C(F)(F)F)c(Cl)c1C1CC1)Nc1ccc(Br)cc1F. The van der Waals surface area contributed by atoms with Gasteiger partial charge in [-0.25, -0.2) is 4.39 Å². The van der Waals surface area contributed by atoms with Crippen LogP contribution in [-0.2, 0) is 17.5 Å². The van der Waals surface area contributed by atoms with Gasteiger partial charge in [-0.15, -0.1) is 0 Å². The van der Waals surface area contributed by atoms with Crippen molar-refractivity contribution in [2.24, 2.45) is 0 Å². The smallest absolute Gasteiger partial charge is 0.322 e. The van der Waals surface area contributed by atoms with Crippen molar-refractivity contribution >= 4 is 39.1 Å². The Morgan fingerprint density at radius 2 is 2.08 bits per heavy atom. The van der Waals surface area contributed by atoms with Crippen molar-refractivity contribution in [3.05, 3.63) is 44.9 Å². The molecular weight excluding hydrogens is 430 g/mol. The summed E-state index contributed by atoms with van der Waals surface area (Å²) in [5.41, 5.74) is -1.09. The van der Waals surface area contributed by atoms with Crippen LogP contribution in [0.5, 0.6) is 0 Å². The molecule has 0 spiro atoms. The Labute approximate surface area is 153 Å². The van der Waals surface area contributed by atoms with Crippen molar-refractivity contribution in [1.82, 2.24) is 9.78 Å². The summed E-state index contributed by atoms with van der Waals surface area (Å²) >= 11 is 8.93. The first-order valence-electron chi connectivity index (χ1n) is 7.25. The van der Waals surface area contributed by atoms with E-state index < -0.39 is 35.2 Å². The van der Waals surface area contributed by atoms with Crippen molar-refractivity contribution in [3.8, 4) is 0 Å². The summed E-state index contributed by atoms with van der Waals surface area (Å²) in [6.07, 6.45) is -3.34. The molecule has 25 heavy (non-hydrogen) atoms. The molecule has 10 heteroatoms. The van der Waals surface area contributed by atoms with E-state index in [-0.39, 0.29) is 17.3 Å². The highest BCUT2D eigenvalue weighted by molar-refractivity contribution is 9.10. The minimum absolute atomic E-state index is 0.0736. The molecule has 2 aromatic rings. The second-order valence-corrected chi connectivity index (χ2v) is 6.94. The lowest BCUT2D eigenvalue weighted by Gasteiger charge is -2.09. The van der Waals surface area contributed by atoms with Gasteiger partial charge in [-0.3, -0.25) is 9.48 Å². The molecule has 1 N–H and O–H groups in total. The molecule has 3 rings (SSSR count). The summed E-state index contributed by atoms with van der Waals surface area (Å²) in [7, 11) is 0. The molecule has 0 bridgehead atoms. The Morgan fingerprint density at radius 1 is 1.40 bits per heavy atom. The van der Waals surface area contributed by atoms with Gasteiger partial charge in [0, 0.05) is 10.4 Å². The maximum Gasteiger partial charge on any atom is 0.436 e. The highest BCUT2D eigenvalue weighted by atomic mass is 79.9. The van der Waals surface area contributed by atoms with Gasteiger partial charge in [0.1, 0.15) is 12.4 Å². The summed E-state index contributed by atoms with van der Waals surface area (Å²) in [6.45, 7) is -0.489. The Hall–Kier alpha value is -1.61. The molecule has 0 unspecified atom stereocenters. The van der Waals surface area contributed by atoms with Crippen LogP contribution in [0.2, 0.25) is 5.02 Å². The minimum atomic E-state index is -4.71. The van der Waals surface area contributed by atoms with Gasteiger partial charge in [-0.1, -0.05) is 27.5 Å². The van der Waals surface area contributed by atoms with Crippen LogP contribution < -0.4 is 5.32 Å². The number of halogens is 6. The van der Waals surface area contributed by atoms with Crippen molar-refractivity contribution in [3.63, 3.8) is 0 Å². The maximum atomic E-state index is 13.8. The fraction of sp³-hybridized carbons (Fsp3) is 0.333. The summed E-state index contributed by atoms with van der Waals surface area (Å²) < 4.78 is 54.2. The number of carbonyl (C=O) groups is 1. The van der Waals surface area contributed by atoms with Crippen molar-refractivity contribution in [1.29, 1.82) is 0 Å². The number of alkyl halides is 3. The van der Waals surface area contributed by atoms with Gasteiger partial charge in [0.2, 0.25) is 5.91 Å². The van der Waals surface area contributed by atoms with E-state index in [2.05, 4.69) is 26.3 Å². The monoisotopic (exact) mass is 439 g/mol. The molecule has 0 aliphatic heterocycles. The highest BCUT2D eigenvalue weighted by Crippen LogP contribution is 2.46. The van der Waals surface area contributed by atoms with E-state index in [0.717, 1.165) is 10.7 Å². The first-order valence-corrected chi connectivity index (χ1v) is 8.42. The predicted octanol–water partition coefficient (Wildman–Crippen LogP) is 4.97. The lowest BCUT2D eigenvalue weighted by Crippen LogP contribution is -2.21. The molecule has 134 valence electrons. The number of hydrogen-bond acceptors (Lipinski definition) is 2. The van der Waals surface area contributed by atoms with Crippen molar-refractivity contribution in [2.45, 2.75) is 31.5 Å². The molecule has 4 nitrogen and oxygen atoms in total. The summed E-state index contributed by atoms with van der Waals surface area (Å²) in [4.78, 5) is 12.1. The minimum Gasteiger partial charge on any atom is -0.322 e. The zero-order valence-electron chi connectivity index (χ0n) is 12.5. The third kappa shape index (κ3) is 3.98. The molecule has 0 saturated heterocycles. The first-order chi connectivity index (χ1) is 11.7. The van der Waals surface area contributed by atoms with Crippen LogP contribution >= 0.6 is 27.5 Å². The third-order valence-corrected chi connectivity index (χ3v) is 4.53. The summed E-state index contributed by atoms with van der Waals surface area (Å²) in [5, 5.41) is 5.30. The van der Waals surface area contributed by atoms with Gasteiger partial charge >= 0.3 is 6.18 Å². The van der Waals surface area contributed by atoms with E-state index in [0.29, 0.717) is 17.3 Å². The average Bonchev–Trinajstić information content (AvgIpc) is 3.26. The second-order valence-electron chi connectivity index (χ2n) is 5.65. The lowest BCUT2D eigenvalue weighted by molar-refractivity contribution is -0.141. The van der Waals surface area contributed by atoms with Crippen LogP contribution in [-0.4, -0.2) is 15.7 Å². The first kappa shape index (κ1) is 18.2. The molecular formula is C15H11BrClF4N3O. The maximum absolute atomic E-state index is 13.8. The topological polar surface area (TPSA) is 46.9 Å². The van der Waals surface area contributed by atoms with Crippen LogP contribution in [0.4, 0.5) is 23.2 Å². The van der Waals surface area contributed by atoms with E-state index in [4.69, 9.17) is 11.6 Å². The fourth-order valence-electron chi connectivity index (χ4n) is 2.42. The Morgan fingerprint density at radius 3 is 2.64 bits per heavy atom. The molecule has 1 heterocycles. The van der Waals surface area contributed by atoms with Crippen LogP contribution in [0.25, 0.3) is 0 Å². The summed E-state index contributed by atoms with van der Waals surface area (Å²) in [6, 6.07) is 4.04.